The third-order valence-electron chi connectivity index (χ3n) is 1.80. The Morgan fingerprint density at radius 3 is 2.87 bits per heavy atom. The molecular weight excluding hydrogens is 212 g/mol. The zero-order valence-corrected chi connectivity index (χ0v) is 9.97. The standard InChI is InChI=1S/C9H18N4OS/c1-3-8-12-9(15-13-8)11-5-4-10-6-7(2)14/h7,10,14H,3-6H2,1-2H3,(H,11,12,13). The number of anilines is 1. The van der Waals surface area contributed by atoms with Crippen LogP contribution in [0.2, 0.25) is 0 Å². The lowest BCUT2D eigenvalue weighted by atomic mass is 10.4. The highest BCUT2D eigenvalue weighted by atomic mass is 32.1. The van der Waals surface area contributed by atoms with Crippen LogP contribution in [0.3, 0.4) is 0 Å². The molecule has 5 nitrogen and oxygen atoms in total. The third-order valence-corrected chi connectivity index (χ3v) is 2.51. The van der Waals surface area contributed by atoms with Gasteiger partial charge in [0.1, 0.15) is 5.82 Å². The van der Waals surface area contributed by atoms with E-state index < -0.39 is 0 Å². The van der Waals surface area contributed by atoms with Gasteiger partial charge in [0.05, 0.1) is 6.10 Å². The lowest BCUT2D eigenvalue weighted by Gasteiger charge is -2.06. The van der Waals surface area contributed by atoms with Gasteiger partial charge in [-0.2, -0.15) is 4.37 Å². The quantitative estimate of drug-likeness (QED) is 0.594. The van der Waals surface area contributed by atoms with Crippen LogP contribution in [0.15, 0.2) is 0 Å². The van der Waals surface area contributed by atoms with Crippen molar-refractivity contribution in [1.29, 1.82) is 0 Å². The highest BCUT2D eigenvalue weighted by Gasteiger charge is 2.00. The van der Waals surface area contributed by atoms with Crippen LogP contribution in [-0.4, -0.2) is 40.2 Å². The van der Waals surface area contributed by atoms with Gasteiger partial charge in [0.2, 0.25) is 5.13 Å². The zero-order valence-electron chi connectivity index (χ0n) is 9.16. The first-order chi connectivity index (χ1) is 7.22. The molecule has 0 amide bonds. The van der Waals surface area contributed by atoms with Crippen LogP contribution in [0.1, 0.15) is 19.7 Å². The van der Waals surface area contributed by atoms with Gasteiger partial charge in [0, 0.05) is 37.6 Å². The molecule has 1 rings (SSSR count). The number of aliphatic hydroxyl groups is 1. The lowest BCUT2D eigenvalue weighted by Crippen LogP contribution is -2.28. The van der Waals surface area contributed by atoms with E-state index in [1.54, 1.807) is 6.92 Å². The van der Waals surface area contributed by atoms with E-state index in [-0.39, 0.29) is 6.10 Å². The molecule has 0 aliphatic rings. The normalized spacial score (nSPS) is 12.7. The molecule has 1 aromatic rings. The van der Waals surface area contributed by atoms with Crippen LogP contribution in [0.25, 0.3) is 0 Å². The average molecular weight is 230 g/mol. The van der Waals surface area contributed by atoms with E-state index in [9.17, 15) is 0 Å². The van der Waals surface area contributed by atoms with Gasteiger partial charge in [0.15, 0.2) is 0 Å². The lowest BCUT2D eigenvalue weighted by molar-refractivity contribution is 0.192. The smallest absolute Gasteiger partial charge is 0.202 e. The molecule has 15 heavy (non-hydrogen) atoms. The molecule has 0 aromatic carbocycles. The molecule has 0 saturated carbocycles. The van der Waals surface area contributed by atoms with Crippen LogP contribution < -0.4 is 10.6 Å². The number of aryl methyl sites for hydroxylation is 1. The van der Waals surface area contributed by atoms with Crippen molar-refractivity contribution in [3.63, 3.8) is 0 Å². The van der Waals surface area contributed by atoms with Crippen molar-refractivity contribution >= 4 is 16.7 Å². The van der Waals surface area contributed by atoms with Gasteiger partial charge in [-0.15, -0.1) is 0 Å². The Labute approximate surface area is 94.1 Å². The van der Waals surface area contributed by atoms with Crippen LogP contribution in [0, 0.1) is 0 Å². The topological polar surface area (TPSA) is 70.1 Å². The van der Waals surface area contributed by atoms with Crippen molar-refractivity contribution in [2.75, 3.05) is 25.0 Å². The highest BCUT2D eigenvalue weighted by molar-refractivity contribution is 7.09. The van der Waals surface area contributed by atoms with Gasteiger partial charge in [-0.3, -0.25) is 0 Å². The summed E-state index contributed by atoms with van der Waals surface area (Å²) in [7, 11) is 0. The maximum absolute atomic E-state index is 9.00. The van der Waals surface area contributed by atoms with E-state index >= 15 is 0 Å². The molecule has 0 aliphatic heterocycles. The van der Waals surface area contributed by atoms with Crippen molar-refractivity contribution in [3.05, 3.63) is 5.82 Å². The Hall–Kier alpha value is -0.720. The Balaban J connectivity index is 2.09. The fraction of sp³-hybridized carbons (Fsp3) is 0.778. The molecule has 3 N–H and O–H groups in total. The van der Waals surface area contributed by atoms with Crippen molar-refractivity contribution in [2.45, 2.75) is 26.4 Å². The minimum Gasteiger partial charge on any atom is -0.392 e. The summed E-state index contributed by atoms with van der Waals surface area (Å²) in [5.41, 5.74) is 0. The largest absolute Gasteiger partial charge is 0.392 e. The van der Waals surface area contributed by atoms with Gasteiger partial charge in [-0.1, -0.05) is 6.92 Å². The van der Waals surface area contributed by atoms with Crippen molar-refractivity contribution in [1.82, 2.24) is 14.7 Å². The summed E-state index contributed by atoms with van der Waals surface area (Å²) in [6, 6.07) is 0. The van der Waals surface area contributed by atoms with E-state index in [4.69, 9.17) is 5.11 Å². The Kier molecular flexibility index (Phi) is 5.52. The number of nitrogens with one attached hydrogen (secondary N) is 2. The van der Waals surface area contributed by atoms with Crippen molar-refractivity contribution in [3.8, 4) is 0 Å². The molecule has 0 spiro atoms. The number of nitrogens with zero attached hydrogens (tertiary/aromatic N) is 2. The van der Waals surface area contributed by atoms with Crippen molar-refractivity contribution < 1.29 is 5.11 Å². The van der Waals surface area contributed by atoms with Crippen molar-refractivity contribution in [2.24, 2.45) is 0 Å². The van der Waals surface area contributed by atoms with Gasteiger partial charge in [-0.05, 0) is 6.92 Å². The summed E-state index contributed by atoms with van der Waals surface area (Å²) in [5, 5.41) is 16.2. The molecule has 0 bridgehead atoms. The van der Waals surface area contributed by atoms with Gasteiger partial charge < -0.3 is 15.7 Å². The summed E-state index contributed by atoms with van der Waals surface area (Å²) >= 11 is 1.39. The molecular formula is C9H18N4OS. The number of aliphatic hydroxyl groups excluding tert-OH is 1. The molecule has 0 radical (unpaired) electrons. The first-order valence-electron chi connectivity index (χ1n) is 5.17. The van der Waals surface area contributed by atoms with E-state index in [0.717, 1.165) is 30.5 Å². The van der Waals surface area contributed by atoms with Crippen LogP contribution in [0.4, 0.5) is 5.13 Å². The second-order valence-corrected chi connectivity index (χ2v) is 4.10. The molecule has 1 atom stereocenters. The molecule has 0 fully saturated rings. The number of hydrogen-bond acceptors (Lipinski definition) is 6. The molecule has 1 aromatic heterocycles. The summed E-state index contributed by atoms with van der Waals surface area (Å²) < 4.78 is 4.17. The van der Waals surface area contributed by atoms with E-state index in [2.05, 4.69) is 20.0 Å². The van der Waals surface area contributed by atoms with Crippen LogP contribution in [-0.2, 0) is 6.42 Å². The first-order valence-corrected chi connectivity index (χ1v) is 5.95. The summed E-state index contributed by atoms with van der Waals surface area (Å²) in [4.78, 5) is 4.28. The fourth-order valence-electron chi connectivity index (χ4n) is 1.04. The predicted octanol–water partition coefficient (Wildman–Crippen LogP) is 0.483. The first kappa shape index (κ1) is 12.4. The Bertz CT molecular complexity index is 277. The fourth-order valence-corrected chi connectivity index (χ4v) is 1.71. The maximum atomic E-state index is 9.00. The van der Waals surface area contributed by atoms with Gasteiger partial charge >= 0.3 is 0 Å². The molecule has 0 saturated heterocycles. The number of rotatable bonds is 7. The van der Waals surface area contributed by atoms with Gasteiger partial charge in [0.25, 0.3) is 0 Å². The van der Waals surface area contributed by atoms with E-state index in [1.165, 1.54) is 11.5 Å². The molecule has 1 unspecified atom stereocenters. The third kappa shape index (κ3) is 5.06. The summed E-state index contributed by atoms with van der Waals surface area (Å²) in [6.45, 7) is 6.03. The monoisotopic (exact) mass is 230 g/mol. The van der Waals surface area contributed by atoms with E-state index in [0.29, 0.717) is 6.54 Å². The zero-order chi connectivity index (χ0) is 11.1. The van der Waals surface area contributed by atoms with Crippen LogP contribution >= 0.6 is 11.5 Å². The summed E-state index contributed by atoms with van der Waals surface area (Å²) in [5.74, 6) is 0.888. The average Bonchev–Trinajstić information content (AvgIpc) is 2.65. The van der Waals surface area contributed by atoms with Gasteiger partial charge in [-0.25, -0.2) is 4.98 Å². The Morgan fingerprint density at radius 1 is 1.47 bits per heavy atom. The minimum absolute atomic E-state index is 0.293. The summed E-state index contributed by atoms with van der Waals surface area (Å²) in [6.07, 6.45) is 0.580. The maximum Gasteiger partial charge on any atom is 0.202 e. The SMILES string of the molecule is CCc1nsc(NCCNCC(C)O)n1. The second-order valence-electron chi connectivity index (χ2n) is 3.35. The van der Waals surface area contributed by atoms with Crippen LogP contribution in [0.5, 0.6) is 0 Å². The number of hydrogen-bond donors (Lipinski definition) is 3. The molecule has 0 aliphatic carbocycles. The number of aromatic nitrogens is 2. The molecule has 6 heteroatoms. The predicted molar refractivity (Wildman–Crippen MR) is 62.3 cm³/mol. The highest BCUT2D eigenvalue weighted by Crippen LogP contribution is 2.10. The molecule has 1 heterocycles. The van der Waals surface area contributed by atoms with E-state index in [1.807, 2.05) is 6.92 Å². The second kappa shape index (κ2) is 6.71. The minimum atomic E-state index is -0.293. The Morgan fingerprint density at radius 2 is 2.27 bits per heavy atom. The molecule has 86 valence electrons.